The molecular weight excluding hydrogens is 220 g/mol. The van der Waals surface area contributed by atoms with Crippen LogP contribution in [0.4, 0.5) is 0 Å². The average molecular weight is 238 g/mol. The van der Waals surface area contributed by atoms with Crippen molar-refractivity contribution in [3.05, 3.63) is 23.3 Å². The van der Waals surface area contributed by atoms with Crippen LogP contribution in [0.3, 0.4) is 0 Å². The molecule has 16 heavy (non-hydrogen) atoms. The molecule has 0 aromatic heterocycles. The van der Waals surface area contributed by atoms with Crippen molar-refractivity contribution in [2.75, 3.05) is 0 Å². The summed E-state index contributed by atoms with van der Waals surface area (Å²) in [5.41, 5.74) is 7.43. The summed E-state index contributed by atoms with van der Waals surface area (Å²) in [6.07, 6.45) is 7.29. The van der Waals surface area contributed by atoms with Gasteiger partial charge in [0.15, 0.2) is 0 Å². The van der Waals surface area contributed by atoms with Gasteiger partial charge in [0.05, 0.1) is 0 Å². The average Bonchev–Trinajstić information content (AvgIpc) is 2.28. The zero-order chi connectivity index (χ0) is 12.4. The van der Waals surface area contributed by atoms with Crippen molar-refractivity contribution in [2.45, 2.75) is 27.7 Å². The van der Waals surface area contributed by atoms with Gasteiger partial charge in [0.25, 0.3) is 0 Å². The SMILES string of the molecule is C/C=C(C)\C=N\NC(=S)N/N=C\C(C)=C\C. The van der Waals surface area contributed by atoms with Gasteiger partial charge in [-0.3, -0.25) is 10.9 Å². The fraction of sp³-hybridized carbons (Fsp3) is 0.364. The van der Waals surface area contributed by atoms with E-state index in [0.717, 1.165) is 11.1 Å². The summed E-state index contributed by atoms with van der Waals surface area (Å²) in [5, 5.41) is 8.21. The fourth-order valence-corrected chi connectivity index (χ4v) is 0.665. The third kappa shape index (κ3) is 7.87. The molecule has 0 aliphatic heterocycles. The monoisotopic (exact) mass is 238 g/mol. The second-order valence-corrected chi connectivity index (χ2v) is 3.54. The Bertz CT molecular complexity index is 308. The highest BCUT2D eigenvalue weighted by molar-refractivity contribution is 7.80. The van der Waals surface area contributed by atoms with Gasteiger partial charge in [-0.25, -0.2) is 0 Å². The van der Waals surface area contributed by atoms with E-state index in [-0.39, 0.29) is 0 Å². The largest absolute Gasteiger partial charge is 0.252 e. The van der Waals surface area contributed by atoms with Crippen LogP contribution in [-0.4, -0.2) is 17.5 Å². The number of nitrogens with one attached hydrogen (secondary N) is 2. The molecule has 0 radical (unpaired) electrons. The molecule has 0 heterocycles. The van der Waals surface area contributed by atoms with Crippen LogP contribution in [0.15, 0.2) is 33.5 Å². The highest BCUT2D eigenvalue weighted by Crippen LogP contribution is 1.85. The van der Waals surface area contributed by atoms with E-state index in [1.54, 1.807) is 12.4 Å². The molecule has 0 fully saturated rings. The minimum atomic E-state index is 0.361. The van der Waals surface area contributed by atoms with Gasteiger partial charge >= 0.3 is 0 Å². The first-order chi connectivity index (χ1) is 7.60. The summed E-state index contributed by atoms with van der Waals surface area (Å²) in [6.45, 7) is 7.80. The molecule has 0 rings (SSSR count). The molecule has 0 aliphatic rings. The first-order valence-corrected chi connectivity index (χ1v) is 5.39. The van der Waals surface area contributed by atoms with Crippen molar-refractivity contribution in [3.63, 3.8) is 0 Å². The normalized spacial score (nSPS) is 13.5. The first kappa shape index (κ1) is 14.5. The van der Waals surface area contributed by atoms with Gasteiger partial charge in [-0.15, -0.1) is 0 Å². The molecule has 0 bridgehead atoms. The minimum Gasteiger partial charge on any atom is -0.252 e. The number of hydrogen-bond acceptors (Lipinski definition) is 3. The molecule has 2 N–H and O–H groups in total. The topological polar surface area (TPSA) is 48.8 Å². The minimum absolute atomic E-state index is 0.361. The Balaban J connectivity index is 3.93. The van der Waals surface area contributed by atoms with E-state index in [4.69, 9.17) is 12.2 Å². The van der Waals surface area contributed by atoms with Crippen LogP contribution < -0.4 is 10.9 Å². The number of hydrogen-bond donors (Lipinski definition) is 2. The maximum absolute atomic E-state index is 4.94. The number of rotatable bonds is 4. The van der Waals surface area contributed by atoms with E-state index in [0.29, 0.717) is 5.11 Å². The van der Waals surface area contributed by atoms with Crippen LogP contribution in [0.5, 0.6) is 0 Å². The van der Waals surface area contributed by atoms with Gasteiger partial charge in [-0.1, -0.05) is 12.2 Å². The van der Waals surface area contributed by atoms with E-state index < -0.39 is 0 Å². The predicted octanol–water partition coefficient (Wildman–Crippen LogP) is 2.35. The standard InChI is InChI=1S/C11H18N4S/c1-5-9(3)7-12-14-11(16)15-13-8-10(4)6-2/h5-8H,1-4H3,(H2,14,15,16)/b9-5-,10-6+,12-7+,13-8-. The quantitative estimate of drug-likeness (QED) is 0.449. The molecule has 0 aromatic carbocycles. The molecule has 5 heteroatoms. The molecule has 0 saturated carbocycles. The van der Waals surface area contributed by atoms with Crippen molar-refractivity contribution < 1.29 is 0 Å². The van der Waals surface area contributed by atoms with E-state index in [9.17, 15) is 0 Å². The summed E-state index contributed by atoms with van der Waals surface area (Å²) in [7, 11) is 0. The van der Waals surface area contributed by atoms with Gasteiger partial charge in [0.1, 0.15) is 0 Å². The van der Waals surface area contributed by atoms with Crippen LogP contribution in [0, 0.1) is 0 Å². The lowest BCUT2D eigenvalue weighted by Crippen LogP contribution is -2.28. The summed E-state index contributed by atoms with van der Waals surface area (Å²) in [6, 6.07) is 0. The van der Waals surface area contributed by atoms with Crippen LogP contribution >= 0.6 is 12.2 Å². The van der Waals surface area contributed by atoms with Crippen LogP contribution in [0.2, 0.25) is 0 Å². The highest BCUT2D eigenvalue weighted by Gasteiger charge is 1.88. The van der Waals surface area contributed by atoms with E-state index >= 15 is 0 Å². The summed E-state index contributed by atoms with van der Waals surface area (Å²) in [4.78, 5) is 0. The second-order valence-electron chi connectivity index (χ2n) is 3.13. The first-order valence-electron chi connectivity index (χ1n) is 4.98. The van der Waals surface area contributed by atoms with Crippen molar-refractivity contribution >= 4 is 29.8 Å². The molecular formula is C11H18N4S. The van der Waals surface area contributed by atoms with Crippen molar-refractivity contribution in [3.8, 4) is 0 Å². The Morgan fingerprint density at radius 3 is 1.62 bits per heavy atom. The van der Waals surface area contributed by atoms with Gasteiger partial charge in [-0.05, 0) is 51.1 Å². The Kier molecular flexibility index (Phi) is 7.97. The Labute approximate surface area is 102 Å². The lowest BCUT2D eigenvalue weighted by molar-refractivity contribution is 0.934. The molecule has 0 atom stereocenters. The maximum Gasteiger partial charge on any atom is 0.207 e. The second kappa shape index (κ2) is 8.79. The third-order valence-electron chi connectivity index (χ3n) is 1.78. The van der Waals surface area contributed by atoms with Gasteiger partial charge in [0.2, 0.25) is 5.11 Å². The fourth-order valence-electron chi connectivity index (χ4n) is 0.560. The zero-order valence-electron chi connectivity index (χ0n) is 10.1. The number of allylic oxidation sites excluding steroid dienone is 4. The summed E-state index contributed by atoms with van der Waals surface area (Å²) in [5.74, 6) is 0. The lowest BCUT2D eigenvalue weighted by Gasteiger charge is -2.00. The molecule has 0 saturated heterocycles. The van der Waals surface area contributed by atoms with Gasteiger partial charge in [0, 0.05) is 12.4 Å². The van der Waals surface area contributed by atoms with E-state index in [2.05, 4.69) is 21.1 Å². The predicted molar refractivity (Wildman–Crippen MR) is 74.7 cm³/mol. The summed E-state index contributed by atoms with van der Waals surface area (Å²) >= 11 is 4.94. The van der Waals surface area contributed by atoms with Crippen molar-refractivity contribution in [1.82, 2.24) is 10.9 Å². The number of nitrogens with zero attached hydrogens (tertiary/aromatic N) is 2. The third-order valence-corrected chi connectivity index (χ3v) is 1.96. The Morgan fingerprint density at radius 1 is 0.938 bits per heavy atom. The number of hydrazone groups is 2. The van der Waals surface area contributed by atoms with Crippen molar-refractivity contribution in [2.24, 2.45) is 10.2 Å². The zero-order valence-corrected chi connectivity index (χ0v) is 10.9. The van der Waals surface area contributed by atoms with Gasteiger partial charge in [-0.2, -0.15) is 10.2 Å². The molecule has 88 valence electrons. The summed E-state index contributed by atoms with van der Waals surface area (Å²) < 4.78 is 0. The molecule has 0 aliphatic carbocycles. The van der Waals surface area contributed by atoms with Gasteiger partial charge < -0.3 is 0 Å². The molecule has 0 unspecified atom stereocenters. The lowest BCUT2D eigenvalue weighted by atomic mass is 10.3. The smallest absolute Gasteiger partial charge is 0.207 e. The van der Waals surface area contributed by atoms with Crippen LogP contribution in [0.1, 0.15) is 27.7 Å². The molecule has 0 aromatic rings. The van der Waals surface area contributed by atoms with Crippen LogP contribution in [0.25, 0.3) is 0 Å². The maximum atomic E-state index is 4.94. The Morgan fingerprint density at radius 2 is 1.31 bits per heavy atom. The van der Waals surface area contributed by atoms with E-state index in [1.165, 1.54) is 0 Å². The van der Waals surface area contributed by atoms with Crippen molar-refractivity contribution in [1.29, 1.82) is 0 Å². The van der Waals surface area contributed by atoms with E-state index in [1.807, 2.05) is 39.8 Å². The van der Waals surface area contributed by atoms with Crippen LogP contribution in [-0.2, 0) is 0 Å². The number of thiocarbonyl (C=S) groups is 1. The molecule has 4 nitrogen and oxygen atoms in total. The molecule has 0 spiro atoms. The highest BCUT2D eigenvalue weighted by atomic mass is 32.1. The molecule has 0 amide bonds. The Hall–Kier alpha value is -1.49.